The highest BCUT2D eigenvalue weighted by atomic mass is 32.2. The monoisotopic (exact) mass is 258 g/mol. The van der Waals surface area contributed by atoms with Gasteiger partial charge in [-0.25, -0.2) is 8.51 Å². The van der Waals surface area contributed by atoms with Gasteiger partial charge >= 0.3 is 0 Å². The molecule has 0 aromatic heterocycles. The maximum absolute atomic E-state index is 12.4. The van der Waals surface area contributed by atoms with E-state index in [1.54, 1.807) is 10.4 Å². The Hall–Kier alpha value is -0.740. The molecule has 0 amide bonds. The molecule has 0 spiro atoms. The molecule has 3 nitrogen and oxygen atoms in total. The van der Waals surface area contributed by atoms with E-state index in [1.165, 1.54) is 0 Å². The van der Waals surface area contributed by atoms with Gasteiger partial charge in [-0.3, -0.25) is 0 Å². The first-order valence-electron chi connectivity index (χ1n) is 5.81. The van der Waals surface area contributed by atoms with Gasteiger partial charge in [0.1, 0.15) is 9.89 Å². The van der Waals surface area contributed by atoms with Gasteiger partial charge in [-0.1, -0.05) is 40.3 Å². The molecule has 0 rings (SSSR count). The van der Waals surface area contributed by atoms with Gasteiger partial charge in [-0.2, -0.15) is 0 Å². The molecule has 0 aromatic rings. The SMILES string of the molecule is C=CCN(CC)S(=C)(=O)NC(=C)CC(C)(C)C. The summed E-state index contributed by atoms with van der Waals surface area (Å²) in [4.78, 5) is 0. The number of hydrogen-bond acceptors (Lipinski definition) is 1. The third-order valence-corrected chi connectivity index (χ3v) is 4.00. The largest absolute Gasteiger partial charge is 0.306 e. The van der Waals surface area contributed by atoms with Crippen LogP contribution in [0.5, 0.6) is 0 Å². The van der Waals surface area contributed by atoms with Crippen LogP contribution in [-0.2, 0) is 9.89 Å². The first-order chi connectivity index (χ1) is 7.62. The molecule has 0 heterocycles. The lowest BCUT2D eigenvalue weighted by molar-refractivity contribution is 0.404. The third-order valence-electron chi connectivity index (χ3n) is 2.15. The van der Waals surface area contributed by atoms with Crippen LogP contribution in [0.3, 0.4) is 0 Å². The predicted molar refractivity (Wildman–Crippen MR) is 79.1 cm³/mol. The van der Waals surface area contributed by atoms with Crippen LogP contribution in [0.1, 0.15) is 34.1 Å². The molecule has 0 aliphatic rings. The maximum Gasteiger partial charge on any atom is 0.109 e. The van der Waals surface area contributed by atoms with Crippen molar-refractivity contribution in [3.63, 3.8) is 0 Å². The second-order valence-electron chi connectivity index (χ2n) is 5.35. The van der Waals surface area contributed by atoms with E-state index in [0.717, 1.165) is 12.1 Å². The first-order valence-corrected chi connectivity index (χ1v) is 7.49. The van der Waals surface area contributed by atoms with E-state index in [1.807, 2.05) is 6.92 Å². The van der Waals surface area contributed by atoms with Crippen molar-refractivity contribution < 1.29 is 4.21 Å². The fourth-order valence-corrected chi connectivity index (χ4v) is 2.98. The van der Waals surface area contributed by atoms with Crippen LogP contribution in [0, 0.1) is 5.41 Å². The molecule has 0 saturated heterocycles. The molecule has 0 aromatic carbocycles. The Morgan fingerprint density at radius 3 is 2.35 bits per heavy atom. The van der Waals surface area contributed by atoms with E-state index in [9.17, 15) is 4.21 Å². The van der Waals surface area contributed by atoms with Crippen molar-refractivity contribution in [2.24, 2.45) is 5.41 Å². The Balaban J connectivity index is 4.64. The zero-order valence-electron chi connectivity index (χ0n) is 11.6. The molecule has 1 atom stereocenters. The topological polar surface area (TPSA) is 32.3 Å². The van der Waals surface area contributed by atoms with Gasteiger partial charge in [0.15, 0.2) is 0 Å². The summed E-state index contributed by atoms with van der Waals surface area (Å²) in [7, 11) is -2.49. The molecule has 4 heteroatoms. The second-order valence-corrected chi connectivity index (χ2v) is 7.35. The van der Waals surface area contributed by atoms with E-state index in [0.29, 0.717) is 13.1 Å². The number of hydrogen-bond donors (Lipinski definition) is 1. The molecule has 0 saturated carbocycles. The Morgan fingerprint density at radius 2 is 2.00 bits per heavy atom. The van der Waals surface area contributed by atoms with Crippen LogP contribution in [0.4, 0.5) is 0 Å². The highest BCUT2D eigenvalue weighted by Crippen LogP contribution is 2.22. The Kier molecular flexibility index (Phi) is 5.99. The summed E-state index contributed by atoms with van der Waals surface area (Å²) in [5, 5.41) is 0. The molecular formula is C13H26N2OS. The third kappa shape index (κ3) is 6.54. The number of likely N-dealkylation sites (N-methyl/N-ethyl adjacent to an activating group) is 1. The van der Waals surface area contributed by atoms with E-state index >= 15 is 0 Å². The summed E-state index contributed by atoms with van der Waals surface area (Å²) in [5.41, 5.74) is 0.884. The summed E-state index contributed by atoms with van der Waals surface area (Å²) in [6.45, 7) is 17.1. The van der Waals surface area contributed by atoms with Crippen molar-refractivity contribution in [2.45, 2.75) is 34.1 Å². The maximum atomic E-state index is 12.4. The van der Waals surface area contributed by atoms with E-state index in [2.05, 4.69) is 44.5 Å². The van der Waals surface area contributed by atoms with E-state index in [4.69, 9.17) is 0 Å². The van der Waals surface area contributed by atoms with Crippen LogP contribution in [0.2, 0.25) is 0 Å². The van der Waals surface area contributed by atoms with Gasteiger partial charge in [0.25, 0.3) is 0 Å². The minimum atomic E-state index is -2.49. The predicted octanol–water partition coefficient (Wildman–Crippen LogP) is 2.58. The van der Waals surface area contributed by atoms with Gasteiger partial charge in [-0.15, -0.1) is 6.58 Å². The number of nitrogens with zero attached hydrogens (tertiary/aromatic N) is 1. The van der Waals surface area contributed by atoms with Crippen LogP contribution < -0.4 is 4.72 Å². The summed E-state index contributed by atoms with van der Waals surface area (Å²) in [6, 6.07) is 0. The fraction of sp³-hybridized carbons (Fsp3) is 0.615. The lowest BCUT2D eigenvalue weighted by atomic mass is 9.91. The smallest absolute Gasteiger partial charge is 0.109 e. The summed E-state index contributed by atoms with van der Waals surface area (Å²) >= 11 is 0. The summed E-state index contributed by atoms with van der Waals surface area (Å²) in [5.74, 6) is 3.76. The van der Waals surface area contributed by atoms with Crippen LogP contribution in [-0.4, -0.2) is 27.5 Å². The number of allylic oxidation sites excluding steroid dienone is 1. The van der Waals surface area contributed by atoms with Crippen molar-refractivity contribution in [1.82, 2.24) is 9.03 Å². The number of nitrogens with one attached hydrogen (secondary N) is 1. The lowest BCUT2D eigenvalue weighted by Gasteiger charge is -2.28. The Labute approximate surface area is 107 Å². The molecule has 0 bridgehead atoms. The normalized spacial score (nSPS) is 15.4. The molecule has 1 unspecified atom stereocenters. The van der Waals surface area contributed by atoms with Crippen LogP contribution >= 0.6 is 0 Å². The molecule has 100 valence electrons. The van der Waals surface area contributed by atoms with E-state index in [-0.39, 0.29) is 5.41 Å². The summed E-state index contributed by atoms with van der Waals surface area (Å²) in [6.07, 6.45) is 2.49. The molecule has 0 aliphatic heterocycles. The van der Waals surface area contributed by atoms with Gasteiger partial charge in [0.05, 0.1) is 0 Å². The van der Waals surface area contributed by atoms with Crippen molar-refractivity contribution in [2.75, 3.05) is 13.1 Å². The summed E-state index contributed by atoms with van der Waals surface area (Å²) < 4.78 is 17.1. The van der Waals surface area contributed by atoms with Gasteiger partial charge in [0, 0.05) is 18.8 Å². The van der Waals surface area contributed by atoms with Crippen molar-refractivity contribution in [1.29, 1.82) is 0 Å². The molecule has 0 fully saturated rings. The highest BCUT2D eigenvalue weighted by Gasteiger charge is 2.17. The molecule has 17 heavy (non-hydrogen) atoms. The zero-order chi connectivity index (χ0) is 13.7. The first kappa shape index (κ1) is 16.3. The van der Waals surface area contributed by atoms with Crippen molar-refractivity contribution >= 4 is 15.8 Å². The van der Waals surface area contributed by atoms with Gasteiger partial charge in [0.2, 0.25) is 0 Å². The number of rotatable bonds is 7. The van der Waals surface area contributed by atoms with E-state index < -0.39 is 9.89 Å². The van der Waals surface area contributed by atoms with Crippen molar-refractivity contribution in [3.05, 3.63) is 24.9 Å². The van der Waals surface area contributed by atoms with Crippen LogP contribution in [0.25, 0.3) is 0 Å². The Morgan fingerprint density at radius 1 is 1.47 bits per heavy atom. The van der Waals surface area contributed by atoms with Gasteiger partial charge in [-0.05, 0) is 17.7 Å². The minimum absolute atomic E-state index is 0.120. The second kappa shape index (κ2) is 6.26. The quantitative estimate of drug-likeness (QED) is 0.552. The standard InChI is InChI=1S/C13H26N2OS/c1-8-10-15(9-2)17(7,16)14-12(3)11-13(4,5)6/h8H,1,3,7,9-11H2,2,4-6H3,(H,14,16). The van der Waals surface area contributed by atoms with Crippen LogP contribution in [0.15, 0.2) is 24.9 Å². The highest BCUT2D eigenvalue weighted by molar-refractivity contribution is 7.96. The average Bonchev–Trinajstić information content (AvgIpc) is 2.09. The molecule has 1 N–H and O–H groups in total. The minimum Gasteiger partial charge on any atom is -0.306 e. The van der Waals surface area contributed by atoms with Gasteiger partial charge < -0.3 is 4.72 Å². The zero-order valence-corrected chi connectivity index (χ0v) is 12.4. The fourth-order valence-electron chi connectivity index (χ4n) is 1.57. The van der Waals surface area contributed by atoms with Crippen molar-refractivity contribution in [3.8, 4) is 0 Å². The molecule has 0 aliphatic carbocycles. The Bertz CT molecular complexity index is 363. The lowest BCUT2D eigenvalue weighted by Crippen LogP contribution is -2.40. The molecule has 0 radical (unpaired) electrons. The average molecular weight is 258 g/mol. The molecular weight excluding hydrogens is 232 g/mol.